The third kappa shape index (κ3) is 7.16. The Kier molecular flexibility index (Phi) is 8.71. The molecule has 0 rings (SSSR count). The fourth-order valence-corrected chi connectivity index (χ4v) is 2.06. The molecule has 0 aliphatic rings. The van der Waals surface area contributed by atoms with E-state index in [-0.39, 0.29) is 12.6 Å². The van der Waals surface area contributed by atoms with Crippen LogP contribution in [0.3, 0.4) is 0 Å². The van der Waals surface area contributed by atoms with Crippen molar-refractivity contribution in [2.24, 2.45) is 0 Å². The third-order valence-corrected chi connectivity index (χ3v) is 3.29. The second kappa shape index (κ2) is 8.66. The van der Waals surface area contributed by atoms with Gasteiger partial charge >= 0.3 is 0 Å². The van der Waals surface area contributed by atoms with Crippen molar-refractivity contribution in [2.75, 3.05) is 24.7 Å². The highest BCUT2D eigenvalue weighted by molar-refractivity contribution is 7.84. The smallest absolute Gasteiger partial charge is 0.0446 e. The van der Waals surface area contributed by atoms with Gasteiger partial charge in [-0.25, -0.2) is 0 Å². The molecule has 3 nitrogen and oxygen atoms in total. The van der Waals surface area contributed by atoms with Crippen molar-refractivity contribution < 1.29 is 9.32 Å². The van der Waals surface area contributed by atoms with E-state index in [0.717, 1.165) is 13.0 Å². The van der Waals surface area contributed by atoms with E-state index in [1.165, 1.54) is 0 Å². The highest BCUT2D eigenvalue weighted by atomic mass is 32.2. The number of rotatable bonds is 8. The molecular formula is C9H21NO2S. The van der Waals surface area contributed by atoms with Gasteiger partial charge in [0.1, 0.15) is 0 Å². The lowest BCUT2D eigenvalue weighted by atomic mass is 10.2. The number of aliphatic hydroxyl groups is 1. The van der Waals surface area contributed by atoms with Gasteiger partial charge in [-0.05, 0) is 19.4 Å². The Morgan fingerprint density at radius 2 is 2.15 bits per heavy atom. The van der Waals surface area contributed by atoms with Crippen LogP contribution in [0.2, 0.25) is 0 Å². The van der Waals surface area contributed by atoms with Crippen molar-refractivity contribution in [3.8, 4) is 0 Å². The zero-order valence-electron chi connectivity index (χ0n) is 8.58. The first-order valence-electron chi connectivity index (χ1n) is 4.93. The first-order chi connectivity index (χ1) is 6.24. The van der Waals surface area contributed by atoms with Crippen LogP contribution >= 0.6 is 0 Å². The van der Waals surface area contributed by atoms with Gasteiger partial charge < -0.3 is 10.4 Å². The lowest BCUT2D eigenvalue weighted by molar-refractivity contribution is 0.270. The number of nitrogens with one attached hydrogen (secondary N) is 1. The molecule has 0 aromatic carbocycles. The summed E-state index contributed by atoms with van der Waals surface area (Å²) in [6, 6.07) is 0.214. The summed E-state index contributed by atoms with van der Waals surface area (Å²) in [5.74, 6) is 1.37. The van der Waals surface area contributed by atoms with Crippen molar-refractivity contribution in [1.29, 1.82) is 0 Å². The molecule has 2 unspecified atom stereocenters. The van der Waals surface area contributed by atoms with E-state index in [1.807, 2.05) is 6.92 Å². The van der Waals surface area contributed by atoms with Gasteiger partial charge in [0.05, 0.1) is 0 Å². The van der Waals surface area contributed by atoms with E-state index in [0.29, 0.717) is 17.9 Å². The van der Waals surface area contributed by atoms with E-state index in [1.54, 1.807) is 0 Å². The van der Waals surface area contributed by atoms with Gasteiger partial charge in [-0.1, -0.05) is 13.8 Å². The van der Waals surface area contributed by atoms with Crippen LogP contribution in [0.5, 0.6) is 0 Å². The molecule has 0 spiro atoms. The van der Waals surface area contributed by atoms with Crippen LogP contribution in [0, 0.1) is 0 Å². The maximum absolute atomic E-state index is 11.2. The Hall–Kier alpha value is 0.0700. The minimum Gasteiger partial charge on any atom is -0.396 e. The largest absolute Gasteiger partial charge is 0.396 e. The van der Waals surface area contributed by atoms with Crippen LogP contribution < -0.4 is 5.32 Å². The van der Waals surface area contributed by atoms with Gasteiger partial charge in [-0.3, -0.25) is 4.21 Å². The molecular weight excluding hydrogens is 186 g/mol. The fraction of sp³-hybridized carbons (Fsp3) is 1.00. The molecule has 80 valence electrons. The van der Waals surface area contributed by atoms with Gasteiger partial charge in [-0.2, -0.15) is 0 Å². The van der Waals surface area contributed by atoms with Gasteiger partial charge in [-0.15, -0.1) is 0 Å². The normalized spacial score (nSPS) is 15.6. The molecule has 0 saturated heterocycles. The zero-order valence-corrected chi connectivity index (χ0v) is 9.40. The Balaban J connectivity index is 3.71. The molecule has 0 bridgehead atoms. The molecule has 2 N–H and O–H groups in total. The van der Waals surface area contributed by atoms with E-state index >= 15 is 0 Å². The van der Waals surface area contributed by atoms with Crippen molar-refractivity contribution >= 4 is 10.8 Å². The minimum absolute atomic E-state index is 0.169. The molecule has 0 saturated carbocycles. The highest BCUT2D eigenvalue weighted by Crippen LogP contribution is 1.95. The summed E-state index contributed by atoms with van der Waals surface area (Å²) in [7, 11) is -0.736. The summed E-state index contributed by atoms with van der Waals surface area (Å²) in [5.41, 5.74) is 0. The first kappa shape index (κ1) is 13.1. The van der Waals surface area contributed by atoms with E-state index in [9.17, 15) is 4.21 Å². The zero-order chi connectivity index (χ0) is 10.1. The maximum Gasteiger partial charge on any atom is 0.0446 e. The summed E-state index contributed by atoms with van der Waals surface area (Å²) in [6.45, 7) is 5.12. The van der Waals surface area contributed by atoms with Crippen LogP contribution in [0.1, 0.15) is 26.7 Å². The summed E-state index contributed by atoms with van der Waals surface area (Å²) >= 11 is 0. The summed E-state index contributed by atoms with van der Waals surface area (Å²) in [6.07, 6.45) is 1.77. The van der Waals surface area contributed by atoms with Crippen LogP contribution in [-0.2, 0) is 10.8 Å². The van der Waals surface area contributed by atoms with Crippen molar-refractivity contribution in [3.63, 3.8) is 0 Å². The predicted octanol–water partition coefficient (Wildman–Crippen LogP) is 0.506. The van der Waals surface area contributed by atoms with Gasteiger partial charge in [0.25, 0.3) is 0 Å². The summed E-state index contributed by atoms with van der Waals surface area (Å²) in [5, 5.41) is 12.1. The molecule has 0 radical (unpaired) electrons. The standard InChI is InChI=1S/C9H21NO2S/c1-3-6-10-9(5-7-11)8-13(12)4-2/h9-11H,3-8H2,1-2H3. The summed E-state index contributed by atoms with van der Waals surface area (Å²) in [4.78, 5) is 0. The molecule has 0 aliphatic heterocycles. The van der Waals surface area contributed by atoms with Crippen LogP contribution in [0.15, 0.2) is 0 Å². The van der Waals surface area contributed by atoms with Gasteiger partial charge in [0, 0.05) is 35.0 Å². The fourth-order valence-electron chi connectivity index (χ4n) is 1.09. The second-order valence-electron chi connectivity index (χ2n) is 3.06. The number of hydrogen-bond acceptors (Lipinski definition) is 3. The van der Waals surface area contributed by atoms with Gasteiger partial charge in [0.15, 0.2) is 0 Å². The Bertz CT molecular complexity index is 142. The molecule has 0 heterocycles. The highest BCUT2D eigenvalue weighted by Gasteiger charge is 2.09. The second-order valence-corrected chi connectivity index (χ2v) is 4.85. The monoisotopic (exact) mass is 207 g/mol. The molecule has 0 fully saturated rings. The molecule has 0 aromatic heterocycles. The number of hydrogen-bond donors (Lipinski definition) is 2. The predicted molar refractivity (Wildman–Crippen MR) is 57.3 cm³/mol. The minimum atomic E-state index is -0.736. The molecule has 13 heavy (non-hydrogen) atoms. The van der Waals surface area contributed by atoms with E-state index < -0.39 is 10.8 Å². The van der Waals surface area contributed by atoms with Crippen LogP contribution in [0.25, 0.3) is 0 Å². The maximum atomic E-state index is 11.2. The average molecular weight is 207 g/mol. The Morgan fingerprint density at radius 1 is 1.46 bits per heavy atom. The van der Waals surface area contributed by atoms with Crippen LogP contribution in [-0.4, -0.2) is 40.0 Å². The molecule has 4 heteroatoms. The van der Waals surface area contributed by atoms with E-state index in [4.69, 9.17) is 5.11 Å². The van der Waals surface area contributed by atoms with Crippen molar-refractivity contribution in [2.45, 2.75) is 32.7 Å². The SMILES string of the molecule is CCCNC(CCO)CS(=O)CC. The van der Waals surface area contributed by atoms with E-state index in [2.05, 4.69) is 12.2 Å². The average Bonchev–Trinajstić information content (AvgIpc) is 2.14. The molecule has 0 aliphatic carbocycles. The first-order valence-corrected chi connectivity index (χ1v) is 6.42. The lowest BCUT2D eigenvalue weighted by Gasteiger charge is -2.16. The molecule has 2 atom stereocenters. The molecule has 0 amide bonds. The lowest BCUT2D eigenvalue weighted by Crippen LogP contribution is -2.35. The summed E-state index contributed by atoms with van der Waals surface area (Å²) < 4.78 is 11.2. The topological polar surface area (TPSA) is 49.3 Å². The van der Waals surface area contributed by atoms with Crippen LogP contribution in [0.4, 0.5) is 0 Å². The Labute approximate surface area is 83.4 Å². The number of aliphatic hydroxyl groups excluding tert-OH is 1. The quantitative estimate of drug-likeness (QED) is 0.609. The van der Waals surface area contributed by atoms with Crippen molar-refractivity contribution in [1.82, 2.24) is 5.32 Å². The Morgan fingerprint density at radius 3 is 2.62 bits per heavy atom. The van der Waals surface area contributed by atoms with Gasteiger partial charge in [0.2, 0.25) is 0 Å². The third-order valence-electron chi connectivity index (χ3n) is 1.87. The van der Waals surface area contributed by atoms with Crippen molar-refractivity contribution in [3.05, 3.63) is 0 Å². The molecule has 0 aromatic rings.